The van der Waals surface area contributed by atoms with Gasteiger partial charge in [-0.2, -0.15) is 0 Å². The first-order valence-corrected chi connectivity index (χ1v) is 11.7. The van der Waals surface area contributed by atoms with Crippen LogP contribution in [0, 0.1) is 11.8 Å². The van der Waals surface area contributed by atoms with Gasteiger partial charge in [-0.05, 0) is 44.9 Å². The number of alkyl halides is 2. The van der Waals surface area contributed by atoms with E-state index >= 15 is 0 Å². The highest BCUT2D eigenvalue weighted by Gasteiger charge is 2.37. The molecule has 2 saturated carbocycles. The minimum atomic E-state index is -0.835. The zero-order valence-corrected chi connectivity index (χ0v) is 18.3. The van der Waals surface area contributed by atoms with E-state index in [1.165, 1.54) is 12.8 Å². The van der Waals surface area contributed by atoms with Crippen LogP contribution < -0.4 is 27.0 Å². The first-order chi connectivity index (χ1) is 14.5. The first kappa shape index (κ1) is 22.2. The van der Waals surface area contributed by atoms with Crippen LogP contribution in [-0.4, -0.2) is 54.3 Å². The molecule has 4 aliphatic rings. The van der Waals surface area contributed by atoms with Gasteiger partial charge in [0.05, 0.1) is 12.0 Å². The Morgan fingerprint density at radius 1 is 1.17 bits per heavy atom. The number of hydrazine groups is 1. The van der Waals surface area contributed by atoms with Gasteiger partial charge in [-0.25, -0.2) is 20.3 Å². The fourth-order valence-electron chi connectivity index (χ4n) is 5.07. The highest BCUT2D eigenvalue weighted by Crippen LogP contribution is 2.34. The normalized spacial score (nSPS) is 40.6. The van der Waals surface area contributed by atoms with Crippen molar-refractivity contribution in [2.45, 2.75) is 94.2 Å². The van der Waals surface area contributed by atoms with Gasteiger partial charge in [0, 0.05) is 30.4 Å². The second-order valence-electron chi connectivity index (χ2n) is 9.18. The van der Waals surface area contributed by atoms with Crippen LogP contribution in [0.15, 0.2) is 4.99 Å². The summed E-state index contributed by atoms with van der Waals surface area (Å²) in [6.45, 7) is 2.37. The lowest BCUT2D eigenvalue weighted by Crippen LogP contribution is -2.49. The Bertz CT molecular complexity index is 624. The predicted octanol–water partition coefficient (Wildman–Crippen LogP) is 1.47. The average Bonchev–Trinajstić information content (AvgIpc) is 3.43. The van der Waals surface area contributed by atoms with E-state index in [9.17, 15) is 9.18 Å². The molecule has 0 aromatic heterocycles. The number of hydrogen-bond donors (Lipinski definition) is 5. The van der Waals surface area contributed by atoms with Crippen molar-refractivity contribution in [2.75, 3.05) is 6.54 Å². The van der Waals surface area contributed by atoms with Crippen LogP contribution >= 0.6 is 11.6 Å². The molecule has 2 aliphatic carbocycles. The number of aliphatic imine (C=N–C) groups is 1. The molecule has 2 heterocycles. The van der Waals surface area contributed by atoms with Crippen LogP contribution in [0.2, 0.25) is 0 Å². The molecule has 0 aromatic carbocycles. The quantitative estimate of drug-likeness (QED) is 0.256. The molecule has 0 radical (unpaired) electrons. The number of nitrogens with zero attached hydrogens (tertiary/aromatic N) is 1. The highest BCUT2D eigenvalue weighted by molar-refractivity contribution is 6.20. The Morgan fingerprint density at radius 2 is 1.97 bits per heavy atom. The Labute approximate surface area is 182 Å². The topological polar surface area (TPSA) is 98.8 Å². The van der Waals surface area contributed by atoms with E-state index in [1.54, 1.807) is 0 Å². The molecule has 7 atom stereocenters. The maximum atomic E-state index is 14.0. The van der Waals surface area contributed by atoms with Gasteiger partial charge in [-0.1, -0.05) is 12.8 Å². The number of rotatable bonds is 4. The highest BCUT2D eigenvalue weighted by atomic mass is 35.5. The molecule has 4 rings (SSSR count). The largest absolute Gasteiger partial charge is 0.353 e. The zero-order valence-electron chi connectivity index (χ0n) is 17.5. The average molecular weight is 445 g/mol. The number of hydroxylamine groups is 1. The van der Waals surface area contributed by atoms with Crippen LogP contribution in [-0.2, 0) is 9.63 Å². The smallest absolute Gasteiger partial charge is 0.233 e. The third kappa shape index (κ3) is 5.62. The van der Waals surface area contributed by atoms with Gasteiger partial charge in [-0.15, -0.1) is 11.6 Å². The van der Waals surface area contributed by atoms with Gasteiger partial charge in [0.25, 0.3) is 0 Å². The molecule has 170 valence electrons. The molecule has 2 saturated heterocycles. The second-order valence-corrected chi connectivity index (χ2v) is 9.80. The van der Waals surface area contributed by atoms with Gasteiger partial charge < -0.3 is 5.32 Å². The van der Waals surface area contributed by atoms with Gasteiger partial charge in [0.15, 0.2) is 5.96 Å². The molecule has 0 bridgehead atoms. The summed E-state index contributed by atoms with van der Waals surface area (Å²) >= 11 is 6.24. The molecule has 7 unspecified atom stereocenters. The minimum Gasteiger partial charge on any atom is -0.353 e. The maximum absolute atomic E-state index is 14.0. The molecule has 1 amide bonds. The Morgan fingerprint density at radius 3 is 2.67 bits per heavy atom. The van der Waals surface area contributed by atoms with E-state index in [0.29, 0.717) is 31.4 Å². The zero-order chi connectivity index (χ0) is 21.1. The van der Waals surface area contributed by atoms with Crippen molar-refractivity contribution in [3.8, 4) is 0 Å². The maximum Gasteiger partial charge on any atom is 0.233 e. The summed E-state index contributed by atoms with van der Waals surface area (Å²) in [6, 6.07) is 0.446. The molecular formula is C20H34ClFN6O2. The molecule has 5 N–H and O–H groups in total. The monoisotopic (exact) mass is 444 g/mol. The summed E-state index contributed by atoms with van der Waals surface area (Å²) in [5.41, 5.74) is 9.28. The molecule has 8 nitrogen and oxygen atoms in total. The molecule has 4 fully saturated rings. The Hall–Kier alpha value is -1.00. The lowest BCUT2D eigenvalue weighted by Gasteiger charge is -2.31. The number of amides is 1. The third-order valence-corrected chi connectivity index (χ3v) is 7.16. The van der Waals surface area contributed by atoms with E-state index in [0.717, 1.165) is 25.7 Å². The molecule has 30 heavy (non-hydrogen) atoms. The van der Waals surface area contributed by atoms with Gasteiger partial charge in [-0.3, -0.25) is 20.4 Å². The first-order valence-electron chi connectivity index (χ1n) is 11.3. The van der Waals surface area contributed by atoms with Gasteiger partial charge in [0.2, 0.25) is 5.91 Å². The fourth-order valence-corrected chi connectivity index (χ4v) is 5.49. The second kappa shape index (κ2) is 10.1. The van der Waals surface area contributed by atoms with Crippen molar-refractivity contribution in [1.29, 1.82) is 0 Å². The number of hydrogen-bond acceptors (Lipinski definition) is 6. The van der Waals surface area contributed by atoms with Crippen molar-refractivity contribution in [1.82, 2.24) is 27.0 Å². The number of halogens is 2. The van der Waals surface area contributed by atoms with Crippen LogP contribution in [0.25, 0.3) is 0 Å². The Kier molecular flexibility index (Phi) is 7.46. The van der Waals surface area contributed by atoms with Crippen LogP contribution in [0.4, 0.5) is 4.39 Å². The van der Waals surface area contributed by atoms with Crippen molar-refractivity contribution in [3.05, 3.63) is 0 Å². The van der Waals surface area contributed by atoms with Crippen molar-refractivity contribution < 1.29 is 14.0 Å². The van der Waals surface area contributed by atoms with E-state index in [-0.39, 0.29) is 41.4 Å². The summed E-state index contributed by atoms with van der Waals surface area (Å²) in [5, 5.41) is 6.31. The van der Waals surface area contributed by atoms with Crippen molar-refractivity contribution in [2.24, 2.45) is 16.8 Å². The molecule has 10 heteroatoms. The van der Waals surface area contributed by atoms with E-state index in [2.05, 4.69) is 27.0 Å². The third-order valence-electron chi connectivity index (χ3n) is 6.81. The molecule has 0 spiro atoms. The van der Waals surface area contributed by atoms with Crippen LogP contribution in [0.1, 0.15) is 58.3 Å². The lowest BCUT2D eigenvalue weighted by molar-refractivity contribution is -0.124. The van der Waals surface area contributed by atoms with E-state index < -0.39 is 6.17 Å². The van der Waals surface area contributed by atoms with E-state index in [4.69, 9.17) is 21.4 Å². The van der Waals surface area contributed by atoms with Gasteiger partial charge in [0.1, 0.15) is 12.3 Å². The molecular weight excluding hydrogens is 411 g/mol. The minimum absolute atomic E-state index is 0.100. The number of nitrogens with one attached hydrogen (secondary N) is 5. The lowest BCUT2D eigenvalue weighted by atomic mass is 9.82. The summed E-state index contributed by atoms with van der Waals surface area (Å²) < 4.78 is 14.0. The molecule has 0 aromatic rings. The standard InChI is InChI=1S/C20H34ClFN6O2/c1-11-16(10-23-30-11)19(29)26-20(24-15-4-2-3-5-15)25-18-9-17(27-28-18)12-6-13(21)8-14(22)7-12/h11-18,23,27-28H,2-10H2,1H3,(H2,24,25,26,29). The predicted molar refractivity (Wildman–Crippen MR) is 113 cm³/mol. The van der Waals surface area contributed by atoms with Crippen LogP contribution in [0.5, 0.6) is 0 Å². The van der Waals surface area contributed by atoms with Gasteiger partial charge >= 0.3 is 0 Å². The van der Waals surface area contributed by atoms with E-state index in [1.807, 2.05) is 6.92 Å². The summed E-state index contributed by atoms with van der Waals surface area (Å²) in [7, 11) is 0. The number of carbonyl (C=O) groups excluding carboxylic acids is 1. The molecule has 2 aliphatic heterocycles. The number of guanidine groups is 1. The SMILES string of the molecule is CC1ONCC1C(=O)N/C(=N\C1CC(C2CC(F)CC(Cl)C2)NN1)NC1CCCC1. The van der Waals surface area contributed by atoms with Crippen LogP contribution in [0.3, 0.4) is 0 Å². The van der Waals surface area contributed by atoms with Crippen molar-refractivity contribution >= 4 is 23.5 Å². The fraction of sp³-hybridized carbons (Fsp3) is 0.900. The number of carbonyl (C=O) groups is 1. The summed E-state index contributed by atoms with van der Waals surface area (Å²) in [5.74, 6) is 0.338. The van der Waals surface area contributed by atoms with Crippen molar-refractivity contribution in [3.63, 3.8) is 0 Å². The summed E-state index contributed by atoms with van der Waals surface area (Å²) in [4.78, 5) is 22.8. The Balaban J connectivity index is 1.39. The summed E-state index contributed by atoms with van der Waals surface area (Å²) in [6.07, 6.45) is 5.85.